The van der Waals surface area contributed by atoms with Gasteiger partial charge in [0.05, 0.1) is 12.7 Å². The highest BCUT2D eigenvalue weighted by molar-refractivity contribution is 7.52. The van der Waals surface area contributed by atoms with Crippen LogP contribution in [-0.2, 0) is 23.4 Å². The molecule has 2 unspecified atom stereocenters. The molecule has 1 aromatic heterocycles. The first-order valence-electron chi connectivity index (χ1n) is 11.3. The predicted molar refractivity (Wildman–Crippen MR) is 133 cm³/mol. The molecule has 37 heavy (non-hydrogen) atoms. The Morgan fingerprint density at radius 2 is 2.03 bits per heavy atom. The average Bonchev–Trinajstić information content (AvgIpc) is 3.08. The fourth-order valence-corrected chi connectivity index (χ4v) is 5.00. The largest absolute Gasteiger partial charge is 0.462 e. The van der Waals surface area contributed by atoms with Crippen molar-refractivity contribution >= 4 is 19.5 Å². The van der Waals surface area contributed by atoms with Crippen LogP contribution in [0.5, 0.6) is 5.75 Å². The number of carbonyl (C=O) groups excluding carboxylic acids is 1. The number of aliphatic hydroxyl groups is 1. The van der Waals surface area contributed by atoms with E-state index in [4.69, 9.17) is 36.4 Å². The minimum Gasteiger partial charge on any atom is -0.462 e. The molecule has 0 amide bonds. The first kappa shape index (κ1) is 28.3. The summed E-state index contributed by atoms with van der Waals surface area (Å²) >= 11 is 0. The van der Waals surface area contributed by atoms with Crippen molar-refractivity contribution in [1.29, 1.82) is 0 Å². The number of nitrogens with zero attached hydrogens (tertiary/aromatic N) is 2. The van der Waals surface area contributed by atoms with Crippen molar-refractivity contribution < 1.29 is 33.0 Å². The maximum atomic E-state index is 13.7. The van der Waals surface area contributed by atoms with Crippen LogP contribution < -0.4 is 26.8 Å². The number of hydrogen-bond donors (Lipinski definition) is 4. The van der Waals surface area contributed by atoms with Gasteiger partial charge in [-0.25, -0.2) is 9.36 Å². The molecular formula is C23H30N5O8P. The highest BCUT2D eigenvalue weighted by atomic mass is 31.2. The number of aliphatic hydroxyl groups excluding tert-OH is 1. The average molecular weight is 535 g/mol. The molecule has 1 aromatic carbocycles. The van der Waals surface area contributed by atoms with E-state index in [1.807, 2.05) is 0 Å². The normalized spacial score (nSPS) is 25.7. The molecule has 0 aliphatic carbocycles. The Hall–Kier alpha value is -3.24. The Bertz CT molecular complexity index is 1250. The van der Waals surface area contributed by atoms with E-state index in [2.05, 4.69) is 16.0 Å². The molecule has 1 fully saturated rings. The second kappa shape index (κ2) is 11.4. The summed E-state index contributed by atoms with van der Waals surface area (Å²) in [6.45, 7) is 4.22. The molecule has 14 heteroatoms. The lowest BCUT2D eigenvalue weighted by Crippen LogP contribution is -2.54. The molecule has 2 aromatic rings. The molecular weight excluding hydrogens is 505 g/mol. The Morgan fingerprint density at radius 1 is 1.35 bits per heavy atom. The SMILES string of the molecule is C#CC1(N)[C@@H](O)[C@@H](COP(=O)(N[C@@H](C)C(=O)OC(C)C)Oc2ccccc2)O[C@H]1n1ccc(N)nc1=O. The summed E-state index contributed by atoms with van der Waals surface area (Å²) in [7, 11) is -4.26. The maximum Gasteiger partial charge on any atom is 0.459 e. The lowest BCUT2D eigenvalue weighted by atomic mass is 9.92. The molecule has 3 rings (SSSR count). The number of esters is 1. The maximum absolute atomic E-state index is 13.7. The van der Waals surface area contributed by atoms with E-state index in [0.29, 0.717) is 0 Å². The molecule has 1 aliphatic rings. The first-order chi connectivity index (χ1) is 17.4. The Labute approximate surface area is 213 Å². The molecule has 0 spiro atoms. The van der Waals surface area contributed by atoms with E-state index < -0.39 is 62.1 Å². The second-order valence-corrected chi connectivity index (χ2v) is 10.3. The van der Waals surface area contributed by atoms with Crippen molar-refractivity contribution in [2.24, 2.45) is 5.73 Å². The predicted octanol–water partition coefficient (Wildman–Crippen LogP) is 0.548. The number of carbonyl (C=O) groups is 1. The monoisotopic (exact) mass is 535 g/mol. The fraction of sp³-hybridized carbons (Fsp3) is 0.435. The van der Waals surface area contributed by atoms with Gasteiger partial charge in [0.1, 0.15) is 29.8 Å². The zero-order valence-electron chi connectivity index (χ0n) is 20.5. The van der Waals surface area contributed by atoms with Gasteiger partial charge in [0.2, 0.25) is 0 Å². The quantitative estimate of drug-likeness (QED) is 0.188. The van der Waals surface area contributed by atoms with Gasteiger partial charge in [-0.05, 0) is 39.0 Å². The number of para-hydroxylation sites is 1. The van der Waals surface area contributed by atoms with Gasteiger partial charge in [0.25, 0.3) is 0 Å². The van der Waals surface area contributed by atoms with E-state index in [-0.39, 0.29) is 11.6 Å². The van der Waals surface area contributed by atoms with Crippen LogP contribution in [0.3, 0.4) is 0 Å². The van der Waals surface area contributed by atoms with Crippen molar-refractivity contribution in [3.05, 3.63) is 53.1 Å². The zero-order valence-corrected chi connectivity index (χ0v) is 21.4. The van der Waals surface area contributed by atoms with Gasteiger partial charge >= 0.3 is 19.4 Å². The second-order valence-electron chi connectivity index (χ2n) is 8.63. The number of rotatable bonds is 10. The number of aromatic nitrogens is 2. The molecule has 2 heterocycles. The number of nitrogens with one attached hydrogen (secondary N) is 1. The van der Waals surface area contributed by atoms with E-state index in [9.17, 15) is 19.3 Å². The van der Waals surface area contributed by atoms with Crippen LogP contribution in [0.4, 0.5) is 5.82 Å². The molecule has 6 N–H and O–H groups in total. The van der Waals surface area contributed by atoms with Crippen molar-refractivity contribution in [2.75, 3.05) is 12.3 Å². The molecule has 13 nitrogen and oxygen atoms in total. The van der Waals surface area contributed by atoms with Gasteiger partial charge in [-0.15, -0.1) is 6.42 Å². The standard InChI is InChI=1S/C23H30N5O8P/c1-5-23(25)19(29)17(35-21(23)28-12-11-18(24)26-22(28)31)13-33-37(32,36-16-9-7-6-8-10-16)27-15(4)20(30)34-14(2)3/h1,6-12,14-15,17,19,21,29H,13,25H2,2-4H3,(H,27,32)(H2,24,26,31)/t15-,17+,19-,21+,23?,37?/m0/s1. The van der Waals surface area contributed by atoms with Crippen LogP contribution in [0.1, 0.15) is 27.0 Å². The molecule has 0 radical (unpaired) electrons. The topological polar surface area (TPSA) is 190 Å². The Morgan fingerprint density at radius 3 is 2.62 bits per heavy atom. The summed E-state index contributed by atoms with van der Waals surface area (Å²) in [5, 5.41) is 13.4. The summed E-state index contributed by atoms with van der Waals surface area (Å²) in [6.07, 6.45) is 2.32. The van der Waals surface area contributed by atoms with E-state index in [0.717, 1.165) is 4.57 Å². The minimum atomic E-state index is -4.26. The van der Waals surface area contributed by atoms with Gasteiger partial charge in [-0.3, -0.25) is 13.9 Å². The molecule has 200 valence electrons. The van der Waals surface area contributed by atoms with Gasteiger partial charge in [-0.1, -0.05) is 24.1 Å². The Kier molecular flexibility index (Phi) is 8.76. The molecule has 0 saturated carbocycles. The van der Waals surface area contributed by atoms with E-state index >= 15 is 0 Å². The smallest absolute Gasteiger partial charge is 0.459 e. The zero-order chi connectivity index (χ0) is 27.4. The summed E-state index contributed by atoms with van der Waals surface area (Å²) < 4.78 is 36.7. The van der Waals surface area contributed by atoms with E-state index in [1.54, 1.807) is 32.0 Å². The number of terminal acetylenes is 1. The van der Waals surface area contributed by atoms with Crippen LogP contribution in [0, 0.1) is 12.3 Å². The third-order valence-electron chi connectivity index (χ3n) is 5.34. The highest BCUT2D eigenvalue weighted by Crippen LogP contribution is 2.46. The third kappa shape index (κ3) is 6.56. The highest BCUT2D eigenvalue weighted by Gasteiger charge is 2.55. The summed E-state index contributed by atoms with van der Waals surface area (Å²) in [5.74, 6) is 1.74. The lowest BCUT2D eigenvalue weighted by Gasteiger charge is -2.27. The number of benzene rings is 1. The van der Waals surface area contributed by atoms with Crippen molar-refractivity contribution in [1.82, 2.24) is 14.6 Å². The first-order valence-corrected chi connectivity index (χ1v) is 12.8. The number of hydrogen-bond acceptors (Lipinski definition) is 11. The third-order valence-corrected chi connectivity index (χ3v) is 6.99. The summed E-state index contributed by atoms with van der Waals surface area (Å²) in [5.41, 5.74) is 9.10. The van der Waals surface area contributed by atoms with Crippen LogP contribution >= 0.6 is 7.75 Å². The fourth-order valence-electron chi connectivity index (χ4n) is 3.50. The molecule has 1 aliphatic heterocycles. The lowest BCUT2D eigenvalue weighted by molar-refractivity contribution is -0.149. The van der Waals surface area contributed by atoms with E-state index in [1.165, 1.54) is 31.3 Å². The van der Waals surface area contributed by atoms with Gasteiger partial charge in [0.15, 0.2) is 11.8 Å². The number of anilines is 1. The molecule has 6 atom stereocenters. The van der Waals surface area contributed by atoms with Crippen molar-refractivity contribution in [2.45, 2.75) is 56.9 Å². The molecule has 0 bridgehead atoms. The minimum absolute atomic E-state index is 0.0294. The van der Waals surface area contributed by atoms with Crippen molar-refractivity contribution in [3.8, 4) is 18.1 Å². The van der Waals surface area contributed by atoms with Crippen LogP contribution in [-0.4, -0.2) is 57.1 Å². The van der Waals surface area contributed by atoms with Crippen LogP contribution in [0.25, 0.3) is 0 Å². The van der Waals surface area contributed by atoms with Gasteiger partial charge < -0.3 is 30.6 Å². The Balaban J connectivity index is 1.83. The number of nitrogen functional groups attached to an aromatic ring is 1. The number of ether oxygens (including phenoxy) is 2. The van der Waals surface area contributed by atoms with Gasteiger partial charge in [-0.2, -0.15) is 10.1 Å². The number of nitrogens with two attached hydrogens (primary N) is 2. The van der Waals surface area contributed by atoms with Gasteiger partial charge in [0, 0.05) is 6.20 Å². The summed E-state index contributed by atoms with van der Waals surface area (Å²) in [6, 6.07) is 8.36. The van der Waals surface area contributed by atoms with Crippen molar-refractivity contribution in [3.63, 3.8) is 0 Å². The van der Waals surface area contributed by atoms with Crippen LogP contribution in [0.2, 0.25) is 0 Å². The summed E-state index contributed by atoms with van der Waals surface area (Å²) in [4.78, 5) is 28.3. The molecule has 1 saturated heterocycles. The van der Waals surface area contributed by atoms with Crippen LogP contribution in [0.15, 0.2) is 47.4 Å².